The van der Waals surface area contributed by atoms with Crippen LogP contribution < -0.4 is 16.0 Å². The van der Waals surface area contributed by atoms with E-state index in [9.17, 15) is 9.59 Å². The minimum Gasteiger partial charge on any atom is -0.355 e. The normalized spacial score (nSPS) is 18.9. The van der Waals surface area contributed by atoms with E-state index in [2.05, 4.69) is 27.8 Å². The van der Waals surface area contributed by atoms with Crippen LogP contribution in [0.15, 0.2) is 0 Å². The van der Waals surface area contributed by atoms with Gasteiger partial charge >= 0.3 is 0 Å². The van der Waals surface area contributed by atoms with E-state index in [1.165, 1.54) is 6.92 Å². The van der Waals surface area contributed by atoms with Crippen molar-refractivity contribution in [2.24, 2.45) is 0 Å². The maximum atomic E-state index is 11.7. The van der Waals surface area contributed by atoms with E-state index >= 15 is 0 Å². The zero-order chi connectivity index (χ0) is 13.4. The summed E-state index contributed by atoms with van der Waals surface area (Å²) in [5.74, 6) is -0.0504. The van der Waals surface area contributed by atoms with Crippen molar-refractivity contribution in [3.8, 4) is 0 Å². The molecule has 1 heterocycles. The highest BCUT2D eigenvalue weighted by atomic mass is 16.2. The monoisotopic (exact) mass is 256 g/mol. The van der Waals surface area contributed by atoms with Gasteiger partial charge in [-0.05, 0) is 19.5 Å². The Kier molecular flexibility index (Phi) is 6.67. The predicted octanol–water partition coefficient (Wildman–Crippen LogP) is -1.08. The predicted molar refractivity (Wildman–Crippen MR) is 70.2 cm³/mol. The van der Waals surface area contributed by atoms with Gasteiger partial charge in [-0.25, -0.2) is 0 Å². The van der Waals surface area contributed by atoms with Gasteiger partial charge in [-0.3, -0.25) is 14.5 Å². The summed E-state index contributed by atoms with van der Waals surface area (Å²) in [6, 6.07) is 0.469. The molecule has 0 aromatic carbocycles. The van der Waals surface area contributed by atoms with Crippen molar-refractivity contribution in [3.63, 3.8) is 0 Å². The number of rotatable bonds is 7. The second-order valence-electron chi connectivity index (χ2n) is 4.54. The minimum absolute atomic E-state index is 0.0223. The quantitative estimate of drug-likeness (QED) is 0.507. The van der Waals surface area contributed by atoms with Gasteiger partial charge in [0.15, 0.2) is 0 Å². The van der Waals surface area contributed by atoms with Gasteiger partial charge in [0.25, 0.3) is 0 Å². The van der Waals surface area contributed by atoms with Gasteiger partial charge in [-0.2, -0.15) is 0 Å². The number of hydrogen-bond acceptors (Lipinski definition) is 4. The van der Waals surface area contributed by atoms with Crippen molar-refractivity contribution in [3.05, 3.63) is 0 Å². The molecule has 2 amide bonds. The first-order valence-corrected chi connectivity index (χ1v) is 6.59. The summed E-state index contributed by atoms with van der Waals surface area (Å²) in [7, 11) is 0. The molecule has 6 nitrogen and oxygen atoms in total. The second kappa shape index (κ2) is 8.05. The number of likely N-dealkylation sites (N-methyl/N-ethyl adjacent to an activating group) is 1. The van der Waals surface area contributed by atoms with Gasteiger partial charge in [0.2, 0.25) is 11.8 Å². The summed E-state index contributed by atoms with van der Waals surface area (Å²) in [5.41, 5.74) is 0. The summed E-state index contributed by atoms with van der Waals surface area (Å²) in [6.45, 7) is 7.82. The van der Waals surface area contributed by atoms with Crippen molar-refractivity contribution in [2.75, 3.05) is 39.3 Å². The fraction of sp³-hybridized carbons (Fsp3) is 0.833. The van der Waals surface area contributed by atoms with E-state index < -0.39 is 0 Å². The minimum atomic E-state index is -0.0727. The lowest BCUT2D eigenvalue weighted by Gasteiger charge is -2.26. The Morgan fingerprint density at radius 3 is 2.61 bits per heavy atom. The van der Waals surface area contributed by atoms with E-state index in [1.54, 1.807) is 0 Å². The Morgan fingerprint density at radius 2 is 2.06 bits per heavy atom. The molecule has 1 rings (SSSR count). The molecular weight excluding hydrogens is 232 g/mol. The maximum Gasteiger partial charge on any atom is 0.234 e. The number of nitrogens with one attached hydrogen (secondary N) is 3. The molecule has 1 unspecified atom stereocenters. The van der Waals surface area contributed by atoms with Crippen molar-refractivity contribution >= 4 is 11.8 Å². The van der Waals surface area contributed by atoms with E-state index in [4.69, 9.17) is 0 Å². The van der Waals surface area contributed by atoms with Crippen LogP contribution in [0.5, 0.6) is 0 Å². The van der Waals surface area contributed by atoms with Crippen LogP contribution in [0.3, 0.4) is 0 Å². The first-order chi connectivity index (χ1) is 8.63. The summed E-state index contributed by atoms with van der Waals surface area (Å²) in [4.78, 5) is 24.6. The molecule has 0 aromatic rings. The summed E-state index contributed by atoms with van der Waals surface area (Å²) in [6.07, 6.45) is 1.10. The van der Waals surface area contributed by atoms with E-state index in [0.717, 1.165) is 26.1 Å². The molecule has 3 N–H and O–H groups in total. The fourth-order valence-electron chi connectivity index (χ4n) is 2.13. The number of amides is 2. The van der Waals surface area contributed by atoms with Crippen LogP contribution in [0.1, 0.15) is 20.3 Å². The molecule has 104 valence electrons. The molecule has 0 spiro atoms. The van der Waals surface area contributed by atoms with Crippen molar-refractivity contribution in [1.82, 2.24) is 20.9 Å². The third-order valence-electron chi connectivity index (χ3n) is 3.12. The highest BCUT2D eigenvalue weighted by molar-refractivity contribution is 5.78. The van der Waals surface area contributed by atoms with Crippen molar-refractivity contribution in [1.29, 1.82) is 0 Å². The zero-order valence-electron chi connectivity index (χ0n) is 11.3. The summed E-state index contributed by atoms with van der Waals surface area (Å²) in [5, 5.41) is 8.76. The zero-order valence-corrected chi connectivity index (χ0v) is 11.3. The smallest absolute Gasteiger partial charge is 0.234 e. The van der Waals surface area contributed by atoms with Crippen LogP contribution >= 0.6 is 0 Å². The molecule has 6 heteroatoms. The van der Waals surface area contributed by atoms with Crippen LogP contribution in [0, 0.1) is 0 Å². The standard InChI is InChI=1S/C12H24N4O2/c1-3-16(11-4-5-13-8-11)9-12(18)15-7-6-14-10(2)17/h11,13H,3-9H2,1-2H3,(H,14,17)(H,15,18). The molecular formula is C12H24N4O2. The number of carbonyl (C=O) groups excluding carboxylic acids is 2. The largest absolute Gasteiger partial charge is 0.355 e. The highest BCUT2D eigenvalue weighted by Gasteiger charge is 2.22. The lowest BCUT2D eigenvalue weighted by molar-refractivity contribution is -0.123. The number of hydrogen-bond donors (Lipinski definition) is 3. The van der Waals surface area contributed by atoms with Gasteiger partial charge in [-0.1, -0.05) is 6.92 Å². The molecule has 1 aliphatic heterocycles. The molecule has 0 radical (unpaired) electrons. The average molecular weight is 256 g/mol. The van der Waals surface area contributed by atoms with Crippen molar-refractivity contribution in [2.45, 2.75) is 26.3 Å². The van der Waals surface area contributed by atoms with Crippen LogP contribution in [-0.2, 0) is 9.59 Å². The Morgan fingerprint density at radius 1 is 1.33 bits per heavy atom. The van der Waals surface area contributed by atoms with E-state index in [0.29, 0.717) is 25.7 Å². The first-order valence-electron chi connectivity index (χ1n) is 6.59. The molecule has 1 aliphatic rings. The number of nitrogens with zero attached hydrogens (tertiary/aromatic N) is 1. The highest BCUT2D eigenvalue weighted by Crippen LogP contribution is 2.07. The Balaban J connectivity index is 2.18. The van der Waals surface area contributed by atoms with Gasteiger partial charge in [0, 0.05) is 32.6 Å². The van der Waals surface area contributed by atoms with Gasteiger partial charge in [0.05, 0.1) is 6.54 Å². The maximum absolute atomic E-state index is 11.7. The second-order valence-corrected chi connectivity index (χ2v) is 4.54. The van der Waals surface area contributed by atoms with Crippen LogP contribution in [0.2, 0.25) is 0 Å². The third kappa shape index (κ3) is 5.46. The third-order valence-corrected chi connectivity index (χ3v) is 3.12. The molecule has 0 saturated carbocycles. The topological polar surface area (TPSA) is 73.5 Å². The summed E-state index contributed by atoms with van der Waals surface area (Å²) >= 11 is 0. The Hall–Kier alpha value is -1.14. The molecule has 0 bridgehead atoms. The molecule has 1 saturated heterocycles. The molecule has 0 aromatic heterocycles. The van der Waals surface area contributed by atoms with Crippen LogP contribution in [-0.4, -0.2) is 62.0 Å². The lowest BCUT2D eigenvalue weighted by atomic mass is 10.2. The number of carbonyl (C=O) groups is 2. The molecule has 1 fully saturated rings. The molecule has 1 atom stereocenters. The van der Waals surface area contributed by atoms with Gasteiger partial charge < -0.3 is 16.0 Å². The fourth-order valence-corrected chi connectivity index (χ4v) is 2.13. The molecule has 18 heavy (non-hydrogen) atoms. The Labute approximate surface area is 108 Å². The van der Waals surface area contributed by atoms with E-state index in [-0.39, 0.29) is 11.8 Å². The Bertz CT molecular complexity index is 277. The van der Waals surface area contributed by atoms with Crippen molar-refractivity contribution < 1.29 is 9.59 Å². The van der Waals surface area contributed by atoms with Crippen LogP contribution in [0.25, 0.3) is 0 Å². The molecule has 0 aliphatic carbocycles. The van der Waals surface area contributed by atoms with Crippen LogP contribution in [0.4, 0.5) is 0 Å². The van der Waals surface area contributed by atoms with Gasteiger partial charge in [-0.15, -0.1) is 0 Å². The average Bonchev–Trinajstić information content (AvgIpc) is 2.85. The summed E-state index contributed by atoms with van der Waals surface area (Å²) < 4.78 is 0. The SMILES string of the molecule is CCN(CC(=O)NCCNC(C)=O)C1CCNC1. The van der Waals surface area contributed by atoms with Gasteiger partial charge in [0.1, 0.15) is 0 Å². The van der Waals surface area contributed by atoms with E-state index in [1.807, 2.05) is 0 Å². The lowest BCUT2D eigenvalue weighted by Crippen LogP contribution is -2.45. The first kappa shape index (κ1) is 14.9.